The quantitative estimate of drug-likeness (QED) is 0.757. The van der Waals surface area contributed by atoms with Crippen molar-refractivity contribution in [3.63, 3.8) is 0 Å². The predicted octanol–water partition coefficient (Wildman–Crippen LogP) is 3.00. The van der Waals surface area contributed by atoms with Gasteiger partial charge in [-0.15, -0.1) is 0 Å². The van der Waals surface area contributed by atoms with E-state index in [1.165, 1.54) is 25.3 Å². The van der Waals surface area contributed by atoms with Gasteiger partial charge in [-0.1, -0.05) is 17.7 Å². The molecule has 6 nitrogen and oxygen atoms in total. The second-order valence-corrected chi connectivity index (χ2v) is 7.29. The van der Waals surface area contributed by atoms with Crippen LogP contribution in [0.15, 0.2) is 35.9 Å². The Labute approximate surface area is 160 Å². The number of anilines is 2. The zero-order valence-electron chi connectivity index (χ0n) is 15.8. The fraction of sp³-hybridized carbons (Fsp3) is 0.476. The number of hydrogen-bond donors (Lipinski definition) is 2. The van der Waals surface area contributed by atoms with Crippen molar-refractivity contribution in [2.24, 2.45) is 5.92 Å². The lowest BCUT2D eigenvalue weighted by Crippen LogP contribution is -2.33. The van der Waals surface area contributed by atoms with Crippen molar-refractivity contribution in [1.82, 2.24) is 5.32 Å². The van der Waals surface area contributed by atoms with E-state index in [1.54, 1.807) is 23.1 Å². The average molecular weight is 369 g/mol. The number of amides is 3. The summed E-state index contributed by atoms with van der Waals surface area (Å²) in [5, 5.41) is 5.70. The average Bonchev–Trinajstić information content (AvgIpc) is 3.04. The number of carbonyl (C=O) groups is 3. The standard InChI is InChI=1S/C21H27N3O3/c1-15(25)23-18-8-5-9-19(13-18)24-14-17(12-20(24)26)21(27)22-11-10-16-6-3-2-4-7-16/h5-6,8-9,13,17H,2-4,7,10-12,14H2,1H3,(H,22,27)(H,23,25). The van der Waals surface area contributed by atoms with Crippen LogP contribution in [-0.4, -0.2) is 30.8 Å². The van der Waals surface area contributed by atoms with Gasteiger partial charge in [0, 0.05) is 37.8 Å². The molecule has 0 radical (unpaired) electrons. The van der Waals surface area contributed by atoms with Crippen molar-refractivity contribution in [3.05, 3.63) is 35.9 Å². The molecule has 1 fully saturated rings. The zero-order chi connectivity index (χ0) is 19.2. The molecule has 2 N–H and O–H groups in total. The zero-order valence-corrected chi connectivity index (χ0v) is 15.8. The molecule has 6 heteroatoms. The minimum absolute atomic E-state index is 0.0553. The fourth-order valence-corrected chi connectivity index (χ4v) is 3.71. The SMILES string of the molecule is CC(=O)Nc1cccc(N2CC(C(=O)NCCC3=CCCCC3)CC2=O)c1. The van der Waals surface area contributed by atoms with Crippen LogP contribution in [0.25, 0.3) is 0 Å². The Morgan fingerprint density at radius 1 is 1.26 bits per heavy atom. The number of allylic oxidation sites excluding steroid dienone is 1. The molecule has 1 aromatic rings. The molecule has 3 amide bonds. The Morgan fingerprint density at radius 2 is 2.11 bits per heavy atom. The maximum atomic E-state index is 12.5. The van der Waals surface area contributed by atoms with E-state index in [0.29, 0.717) is 24.5 Å². The fourth-order valence-electron chi connectivity index (χ4n) is 3.71. The summed E-state index contributed by atoms with van der Waals surface area (Å²) >= 11 is 0. The lowest BCUT2D eigenvalue weighted by atomic mass is 9.97. The first-order chi connectivity index (χ1) is 13.0. The number of nitrogens with zero attached hydrogens (tertiary/aromatic N) is 1. The van der Waals surface area contributed by atoms with Crippen LogP contribution in [0.3, 0.4) is 0 Å². The Kier molecular flexibility index (Phi) is 6.27. The Hall–Kier alpha value is -2.63. The monoisotopic (exact) mass is 369 g/mol. The number of carbonyl (C=O) groups excluding carboxylic acids is 3. The largest absolute Gasteiger partial charge is 0.355 e. The van der Waals surface area contributed by atoms with Gasteiger partial charge in [-0.2, -0.15) is 0 Å². The third kappa shape index (κ3) is 5.18. The lowest BCUT2D eigenvalue weighted by Gasteiger charge is -2.18. The summed E-state index contributed by atoms with van der Waals surface area (Å²) in [7, 11) is 0. The van der Waals surface area contributed by atoms with Crippen molar-refractivity contribution in [2.75, 3.05) is 23.3 Å². The molecule has 1 heterocycles. The van der Waals surface area contributed by atoms with Gasteiger partial charge in [0.1, 0.15) is 0 Å². The highest BCUT2D eigenvalue weighted by Crippen LogP contribution is 2.27. The van der Waals surface area contributed by atoms with Gasteiger partial charge >= 0.3 is 0 Å². The molecular weight excluding hydrogens is 342 g/mol. The van der Waals surface area contributed by atoms with E-state index < -0.39 is 0 Å². The van der Waals surface area contributed by atoms with Crippen LogP contribution in [0.4, 0.5) is 11.4 Å². The van der Waals surface area contributed by atoms with E-state index >= 15 is 0 Å². The predicted molar refractivity (Wildman–Crippen MR) is 105 cm³/mol. The first kappa shape index (κ1) is 19.1. The molecule has 3 rings (SSSR count). The second-order valence-electron chi connectivity index (χ2n) is 7.29. The van der Waals surface area contributed by atoms with Crippen molar-refractivity contribution in [3.8, 4) is 0 Å². The van der Waals surface area contributed by atoms with Gasteiger partial charge in [-0.05, 0) is 50.3 Å². The molecular formula is C21H27N3O3. The van der Waals surface area contributed by atoms with Gasteiger partial charge in [0.15, 0.2) is 0 Å². The van der Waals surface area contributed by atoms with E-state index in [0.717, 1.165) is 19.3 Å². The lowest BCUT2D eigenvalue weighted by molar-refractivity contribution is -0.126. The summed E-state index contributed by atoms with van der Waals surface area (Å²) in [6, 6.07) is 7.14. The maximum absolute atomic E-state index is 12.5. The van der Waals surface area contributed by atoms with Crippen LogP contribution in [0.1, 0.15) is 45.4 Å². The van der Waals surface area contributed by atoms with Crippen LogP contribution in [-0.2, 0) is 14.4 Å². The molecule has 0 aromatic heterocycles. The van der Waals surface area contributed by atoms with Gasteiger partial charge in [-0.3, -0.25) is 14.4 Å². The molecule has 144 valence electrons. The van der Waals surface area contributed by atoms with Crippen molar-refractivity contribution < 1.29 is 14.4 Å². The highest BCUT2D eigenvalue weighted by molar-refractivity contribution is 6.01. The Bertz CT molecular complexity index is 757. The molecule has 2 aliphatic rings. The van der Waals surface area contributed by atoms with E-state index in [1.807, 2.05) is 6.07 Å². The first-order valence-electron chi connectivity index (χ1n) is 9.66. The number of benzene rings is 1. The summed E-state index contributed by atoms with van der Waals surface area (Å²) in [6.45, 7) is 2.45. The van der Waals surface area contributed by atoms with Gasteiger partial charge in [0.25, 0.3) is 0 Å². The normalized spacial score (nSPS) is 19.6. The van der Waals surface area contributed by atoms with Gasteiger partial charge in [0.05, 0.1) is 5.92 Å². The van der Waals surface area contributed by atoms with Crippen molar-refractivity contribution in [2.45, 2.75) is 45.4 Å². The molecule has 0 spiro atoms. The van der Waals surface area contributed by atoms with Gasteiger partial charge in [-0.25, -0.2) is 0 Å². The molecule has 1 saturated heterocycles. The van der Waals surface area contributed by atoms with Crippen LogP contribution in [0, 0.1) is 5.92 Å². The van der Waals surface area contributed by atoms with E-state index in [4.69, 9.17) is 0 Å². The molecule has 0 bridgehead atoms. The smallest absolute Gasteiger partial charge is 0.227 e. The number of nitrogens with one attached hydrogen (secondary N) is 2. The molecule has 1 aliphatic heterocycles. The highest BCUT2D eigenvalue weighted by Gasteiger charge is 2.35. The van der Waals surface area contributed by atoms with E-state index in [2.05, 4.69) is 16.7 Å². The van der Waals surface area contributed by atoms with Crippen LogP contribution in [0.2, 0.25) is 0 Å². The van der Waals surface area contributed by atoms with Crippen LogP contribution in [0.5, 0.6) is 0 Å². The van der Waals surface area contributed by atoms with Crippen LogP contribution < -0.4 is 15.5 Å². The first-order valence-corrected chi connectivity index (χ1v) is 9.66. The third-order valence-electron chi connectivity index (χ3n) is 5.10. The molecule has 1 aromatic carbocycles. The molecule has 1 aliphatic carbocycles. The highest BCUT2D eigenvalue weighted by atomic mass is 16.2. The molecule has 27 heavy (non-hydrogen) atoms. The number of hydrogen-bond acceptors (Lipinski definition) is 3. The molecule has 1 atom stereocenters. The van der Waals surface area contributed by atoms with Gasteiger partial charge in [0.2, 0.25) is 17.7 Å². The topological polar surface area (TPSA) is 78.5 Å². The summed E-state index contributed by atoms with van der Waals surface area (Å²) in [5.74, 6) is -0.613. The van der Waals surface area contributed by atoms with E-state index in [9.17, 15) is 14.4 Å². The third-order valence-corrected chi connectivity index (χ3v) is 5.10. The van der Waals surface area contributed by atoms with Gasteiger partial charge < -0.3 is 15.5 Å². The second kappa shape index (κ2) is 8.84. The Balaban J connectivity index is 1.54. The number of rotatable bonds is 6. The van der Waals surface area contributed by atoms with Crippen molar-refractivity contribution >= 4 is 29.1 Å². The maximum Gasteiger partial charge on any atom is 0.227 e. The summed E-state index contributed by atoms with van der Waals surface area (Å²) in [5.41, 5.74) is 2.77. The molecule has 1 unspecified atom stereocenters. The summed E-state index contributed by atoms with van der Waals surface area (Å²) in [6.07, 6.45) is 8.19. The van der Waals surface area contributed by atoms with Crippen molar-refractivity contribution in [1.29, 1.82) is 0 Å². The van der Waals surface area contributed by atoms with Crippen LogP contribution >= 0.6 is 0 Å². The molecule has 0 saturated carbocycles. The Morgan fingerprint density at radius 3 is 2.85 bits per heavy atom. The minimum atomic E-state index is -0.331. The minimum Gasteiger partial charge on any atom is -0.355 e. The van der Waals surface area contributed by atoms with E-state index in [-0.39, 0.29) is 30.1 Å². The summed E-state index contributed by atoms with van der Waals surface area (Å²) in [4.78, 5) is 37.7. The summed E-state index contributed by atoms with van der Waals surface area (Å²) < 4.78 is 0.